The number of ether oxygens (including phenoxy) is 2. The van der Waals surface area contributed by atoms with Gasteiger partial charge in [0, 0.05) is 39.1 Å². The van der Waals surface area contributed by atoms with Gasteiger partial charge in [-0.3, -0.25) is 9.69 Å². The molecule has 4 rings (SSSR count). The van der Waals surface area contributed by atoms with Crippen molar-refractivity contribution in [2.75, 3.05) is 57.9 Å². The number of nitrogens with zero attached hydrogens (tertiary/aromatic N) is 2. The highest BCUT2D eigenvalue weighted by Crippen LogP contribution is 2.28. The second-order valence-electron chi connectivity index (χ2n) is 8.69. The van der Waals surface area contributed by atoms with Crippen LogP contribution in [0.2, 0.25) is 0 Å². The third-order valence-corrected chi connectivity index (χ3v) is 6.36. The maximum atomic E-state index is 12.8. The fourth-order valence-corrected chi connectivity index (χ4v) is 4.41. The van der Waals surface area contributed by atoms with Crippen LogP contribution in [0.5, 0.6) is 11.5 Å². The molecule has 1 amide bonds. The SMILES string of the molecule is COc1ccccc1N1CCN(CCCNC(=O)c2ccccc2OCCc2ccccc2)CC1. The monoisotopic (exact) mass is 473 g/mol. The lowest BCUT2D eigenvalue weighted by Gasteiger charge is -2.36. The van der Waals surface area contributed by atoms with E-state index in [0.717, 1.165) is 57.0 Å². The van der Waals surface area contributed by atoms with E-state index in [-0.39, 0.29) is 5.91 Å². The molecule has 0 spiro atoms. The zero-order valence-corrected chi connectivity index (χ0v) is 20.5. The fourth-order valence-electron chi connectivity index (χ4n) is 4.41. The number of carbonyl (C=O) groups excluding carboxylic acids is 1. The first kappa shape index (κ1) is 24.6. The molecule has 0 atom stereocenters. The molecule has 0 unspecified atom stereocenters. The molecular formula is C29H35N3O3. The van der Waals surface area contributed by atoms with Gasteiger partial charge in [-0.25, -0.2) is 0 Å². The first-order chi connectivity index (χ1) is 17.2. The molecule has 6 nitrogen and oxygen atoms in total. The van der Waals surface area contributed by atoms with Gasteiger partial charge in [0.05, 0.1) is 25.0 Å². The first-order valence-electron chi connectivity index (χ1n) is 12.4. The van der Waals surface area contributed by atoms with Gasteiger partial charge in [-0.15, -0.1) is 0 Å². The summed E-state index contributed by atoms with van der Waals surface area (Å²) in [6.45, 7) is 6.10. The van der Waals surface area contributed by atoms with E-state index in [2.05, 4.69) is 39.4 Å². The average Bonchev–Trinajstić information content (AvgIpc) is 2.92. The largest absolute Gasteiger partial charge is 0.495 e. The van der Waals surface area contributed by atoms with E-state index in [0.29, 0.717) is 24.5 Å². The van der Waals surface area contributed by atoms with Crippen LogP contribution in [0.15, 0.2) is 78.9 Å². The molecule has 1 aliphatic heterocycles. The van der Waals surface area contributed by atoms with Crippen LogP contribution in [0.1, 0.15) is 22.3 Å². The first-order valence-corrected chi connectivity index (χ1v) is 12.4. The van der Waals surface area contributed by atoms with Crippen LogP contribution in [0.25, 0.3) is 0 Å². The maximum Gasteiger partial charge on any atom is 0.255 e. The van der Waals surface area contributed by atoms with Crippen LogP contribution >= 0.6 is 0 Å². The summed E-state index contributed by atoms with van der Waals surface area (Å²) in [7, 11) is 1.72. The van der Waals surface area contributed by atoms with E-state index in [1.165, 1.54) is 5.56 Å². The predicted molar refractivity (Wildman–Crippen MR) is 141 cm³/mol. The van der Waals surface area contributed by atoms with Gasteiger partial charge in [-0.2, -0.15) is 0 Å². The highest BCUT2D eigenvalue weighted by atomic mass is 16.5. The normalized spacial score (nSPS) is 13.9. The van der Waals surface area contributed by atoms with E-state index in [4.69, 9.17) is 9.47 Å². The molecule has 0 bridgehead atoms. The Morgan fingerprint density at radius 2 is 1.54 bits per heavy atom. The molecule has 184 valence electrons. The van der Waals surface area contributed by atoms with Crippen molar-refractivity contribution < 1.29 is 14.3 Å². The highest BCUT2D eigenvalue weighted by molar-refractivity contribution is 5.96. The maximum absolute atomic E-state index is 12.8. The van der Waals surface area contributed by atoms with Gasteiger partial charge >= 0.3 is 0 Å². The number of nitrogens with one attached hydrogen (secondary N) is 1. The predicted octanol–water partition coefficient (Wildman–Crippen LogP) is 4.26. The van der Waals surface area contributed by atoms with E-state index >= 15 is 0 Å². The molecule has 0 aliphatic carbocycles. The molecule has 35 heavy (non-hydrogen) atoms. The van der Waals surface area contributed by atoms with Crippen molar-refractivity contribution in [1.29, 1.82) is 0 Å². The fraction of sp³-hybridized carbons (Fsp3) is 0.345. The quantitative estimate of drug-likeness (QED) is 0.422. The van der Waals surface area contributed by atoms with E-state index in [1.807, 2.05) is 54.6 Å². The second-order valence-corrected chi connectivity index (χ2v) is 8.69. The number of amides is 1. The summed E-state index contributed by atoms with van der Waals surface area (Å²) in [6.07, 6.45) is 1.72. The molecule has 1 heterocycles. The van der Waals surface area contributed by atoms with Gasteiger partial charge in [0.15, 0.2) is 0 Å². The number of anilines is 1. The van der Waals surface area contributed by atoms with Crippen LogP contribution in [0.4, 0.5) is 5.69 Å². The Bertz CT molecular complexity index is 1070. The van der Waals surface area contributed by atoms with Crippen LogP contribution < -0.4 is 19.7 Å². The number of carbonyl (C=O) groups is 1. The van der Waals surface area contributed by atoms with Crippen LogP contribution in [-0.4, -0.2) is 63.8 Å². The lowest BCUT2D eigenvalue weighted by atomic mass is 10.1. The molecule has 0 aromatic heterocycles. The van der Waals surface area contributed by atoms with Gasteiger partial charge in [0.2, 0.25) is 0 Å². The number of hydrogen-bond acceptors (Lipinski definition) is 5. The summed E-state index contributed by atoms with van der Waals surface area (Å²) < 4.78 is 11.5. The van der Waals surface area contributed by atoms with Gasteiger partial charge in [-0.1, -0.05) is 54.6 Å². The number of benzene rings is 3. The molecular weight excluding hydrogens is 438 g/mol. The van der Waals surface area contributed by atoms with E-state index in [1.54, 1.807) is 7.11 Å². The lowest BCUT2D eigenvalue weighted by molar-refractivity contribution is 0.0947. The number of para-hydroxylation sites is 3. The third-order valence-electron chi connectivity index (χ3n) is 6.36. The van der Waals surface area contributed by atoms with Crippen molar-refractivity contribution in [2.45, 2.75) is 12.8 Å². The Morgan fingerprint density at radius 3 is 2.31 bits per heavy atom. The summed E-state index contributed by atoms with van der Waals surface area (Å²) in [4.78, 5) is 17.6. The van der Waals surface area contributed by atoms with Gasteiger partial charge in [0.1, 0.15) is 11.5 Å². The molecule has 1 N–H and O–H groups in total. The molecule has 6 heteroatoms. The zero-order valence-electron chi connectivity index (χ0n) is 20.5. The van der Waals surface area contributed by atoms with Crippen molar-refractivity contribution >= 4 is 11.6 Å². The Labute approximate surface area is 208 Å². The topological polar surface area (TPSA) is 54.0 Å². The van der Waals surface area contributed by atoms with Crippen LogP contribution in [0.3, 0.4) is 0 Å². The average molecular weight is 474 g/mol. The van der Waals surface area contributed by atoms with E-state index < -0.39 is 0 Å². The van der Waals surface area contributed by atoms with Crippen LogP contribution in [0, 0.1) is 0 Å². The Kier molecular flexibility index (Phi) is 9.01. The number of piperazine rings is 1. The second kappa shape index (κ2) is 12.8. The summed E-state index contributed by atoms with van der Waals surface area (Å²) >= 11 is 0. The molecule has 1 fully saturated rings. The minimum atomic E-state index is -0.0821. The zero-order chi connectivity index (χ0) is 24.3. The van der Waals surface area contributed by atoms with Crippen molar-refractivity contribution in [2.24, 2.45) is 0 Å². The van der Waals surface area contributed by atoms with Crippen LogP contribution in [-0.2, 0) is 6.42 Å². The third kappa shape index (κ3) is 6.99. The van der Waals surface area contributed by atoms with Crippen molar-refractivity contribution in [3.63, 3.8) is 0 Å². The van der Waals surface area contributed by atoms with Crippen molar-refractivity contribution in [3.05, 3.63) is 90.0 Å². The molecule has 3 aromatic carbocycles. The number of hydrogen-bond donors (Lipinski definition) is 1. The number of rotatable bonds is 11. The van der Waals surface area contributed by atoms with Crippen molar-refractivity contribution in [1.82, 2.24) is 10.2 Å². The van der Waals surface area contributed by atoms with Gasteiger partial charge in [-0.05, 0) is 42.8 Å². The summed E-state index contributed by atoms with van der Waals surface area (Å²) in [5.74, 6) is 1.47. The summed E-state index contributed by atoms with van der Waals surface area (Å²) in [5.41, 5.74) is 2.97. The summed E-state index contributed by atoms with van der Waals surface area (Å²) in [6, 6.07) is 25.9. The Balaban J connectivity index is 1.18. The lowest BCUT2D eigenvalue weighted by Crippen LogP contribution is -2.47. The Morgan fingerprint density at radius 1 is 0.857 bits per heavy atom. The highest BCUT2D eigenvalue weighted by Gasteiger charge is 2.19. The molecule has 1 saturated heterocycles. The number of methoxy groups -OCH3 is 1. The standard InChI is InChI=1S/C29H35N3O3/c1-34-28-15-8-6-13-26(28)32-21-19-31(20-22-32)18-9-17-30-29(33)25-12-5-7-14-27(25)35-23-16-24-10-3-2-4-11-24/h2-8,10-15H,9,16-23H2,1H3,(H,30,33). The Hall–Kier alpha value is -3.51. The van der Waals surface area contributed by atoms with Gasteiger partial charge in [0.25, 0.3) is 5.91 Å². The van der Waals surface area contributed by atoms with Crippen molar-refractivity contribution in [3.8, 4) is 11.5 Å². The van der Waals surface area contributed by atoms with E-state index in [9.17, 15) is 4.79 Å². The minimum Gasteiger partial charge on any atom is -0.495 e. The molecule has 1 aliphatic rings. The summed E-state index contributed by atoms with van der Waals surface area (Å²) in [5, 5.41) is 3.06. The smallest absolute Gasteiger partial charge is 0.255 e. The molecule has 3 aromatic rings. The molecule has 0 radical (unpaired) electrons. The minimum absolute atomic E-state index is 0.0821. The van der Waals surface area contributed by atoms with Gasteiger partial charge < -0.3 is 19.7 Å². The molecule has 0 saturated carbocycles.